The van der Waals surface area contributed by atoms with Gasteiger partial charge in [-0.2, -0.15) is 0 Å². The van der Waals surface area contributed by atoms with Crippen LogP contribution in [0.4, 0.5) is 0 Å². The lowest BCUT2D eigenvalue weighted by Crippen LogP contribution is -2.20. The van der Waals surface area contributed by atoms with Gasteiger partial charge in [0.1, 0.15) is 17.6 Å². The average Bonchev–Trinajstić information content (AvgIpc) is 2.16. The predicted molar refractivity (Wildman–Crippen MR) is 51.8 cm³/mol. The summed E-state index contributed by atoms with van der Waals surface area (Å²) in [4.78, 5) is 7.39. The Morgan fingerprint density at radius 2 is 2.23 bits per heavy atom. The summed E-state index contributed by atoms with van der Waals surface area (Å²) in [5.41, 5.74) is 0.330. The fraction of sp³-hybridized carbons (Fsp3) is 0.429. The van der Waals surface area contributed by atoms with E-state index < -0.39 is 12.2 Å². The third-order valence-electron chi connectivity index (χ3n) is 1.53. The predicted octanol–water partition coefficient (Wildman–Crippen LogP) is 0.919. The Balaban J connectivity index is 2.88. The van der Waals surface area contributed by atoms with E-state index >= 15 is 0 Å². The zero-order chi connectivity index (χ0) is 9.84. The van der Waals surface area contributed by atoms with Crippen LogP contribution in [0, 0.1) is 0 Å². The molecular formula is C7H8BrClN2O2. The summed E-state index contributed by atoms with van der Waals surface area (Å²) >= 11 is 8.73. The van der Waals surface area contributed by atoms with Crippen molar-refractivity contribution in [1.29, 1.82) is 0 Å². The lowest BCUT2D eigenvalue weighted by molar-refractivity contribution is 0.0339. The van der Waals surface area contributed by atoms with E-state index in [9.17, 15) is 10.2 Å². The van der Waals surface area contributed by atoms with Crippen LogP contribution >= 0.6 is 27.5 Å². The van der Waals surface area contributed by atoms with Crippen molar-refractivity contribution >= 4 is 27.5 Å². The van der Waals surface area contributed by atoms with Gasteiger partial charge in [0.2, 0.25) is 0 Å². The zero-order valence-corrected chi connectivity index (χ0v) is 8.90. The van der Waals surface area contributed by atoms with Gasteiger partial charge in [-0.1, -0.05) is 27.5 Å². The van der Waals surface area contributed by atoms with Crippen LogP contribution in [0.3, 0.4) is 0 Å². The molecule has 4 nitrogen and oxygen atoms in total. The van der Waals surface area contributed by atoms with Gasteiger partial charge in [0, 0.05) is 17.1 Å². The molecule has 6 heteroatoms. The number of halogens is 2. The van der Waals surface area contributed by atoms with Crippen molar-refractivity contribution < 1.29 is 10.2 Å². The normalized spacial score (nSPS) is 15.4. The van der Waals surface area contributed by atoms with Gasteiger partial charge in [0.25, 0.3) is 0 Å². The van der Waals surface area contributed by atoms with Crippen molar-refractivity contribution in [3.05, 3.63) is 23.2 Å². The molecule has 1 rings (SSSR count). The molecule has 0 aliphatic rings. The topological polar surface area (TPSA) is 66.2 Å². The summed E-state index contributed by atoms with van der Waals surface area (Å²) in [6, 6.07) is 0. The number of nitrogens with zero attached hydrogens (tertiary/aromatic N) is 2. The highest BCUT2D eigenvalue weighted by atomic mass is 79.9. The van der Waals surface area contributed by atoms with Gasteiger partial charge in [0.05, 0.1) is 6.10 Å². The fourth-order valence-electron chi connectivity index (χ4n) is 0.816. The quantitative estimate of drug-likeness (QED) is 0.631. The van der Waals surface area contributed by atoms with E-state index in [-0.39, 0.29) is 10.5 Å². The maximum absolute atomic E-state index is 9.53. The van der Waals surface area contributed by atoms with Gasteiger partial charge in [-0.15, -0.1) is 0 Å². The number of aromatic nitrogens is 2. The summed E-state index contributed by atoms with van der Waals surface area (Å²) in [6.07, 6.45) is 0.682. The van der Waals surface area contributed by atoms with E-state index in [1.165, 1.54) is 12.5 Å². The Labute approximate surface area is 88.7 Å². The molecule has 0 saturated heterocycles. The molecule has 2 N–H and O–H groups in total. The molecule has 0 aliphatic carbocycles. The van der Waals surface area contributed by atoms with Crippen molar-refractivity contribution in [3.8, 4) is 0 Å². The van der Waals surface area contributed by atoms with E-state index in [1.807, 2.05) is 0 Å². The monoisotopic (exact) mass is 266 g/mol. The van der Waals surface area contributed by atoms with E-state index in [1.54, 1.807) is 0 Å². The summed E-state index contributed by atoms with van der Waals surface area (Å²) in [5.74, 6) is 0. The molecule has 0 amide bonds. The van der Waals surface area contributed by atoms with Crippen LogP contribution in [-0.2, 0) is 0 Å². The van der Waals surface area contributed by atoms with Crippen molar-refractivity contribution in [2.45, 2.75) is 12.2 Å². The second kappa shape index (κ2) is 4.85. The Kier molecular flexibility index (Phi) is 4.05. The first-order chi connectivity index (χ1) is 6.16. The molecule has 0 aliphatic heterocycles. The maximum atomic E-state index is 9.53. The Morgan fingerprint density at radius 3 is 2.77 bits per heavy atom. The molecule has 0 radical (unpaired) electrons. The number of hydrogen-bond donors (Lipinski definition) is 2. The van der Waals surface area contributed by atoms with Crippen molar-refractivity contribution in [3.63, 3.8) is 0 Å². The third kappa shape index (κ3) is 2.60. The van der Waals surface area contributed by atoms with E-state index in [0.717, 1.165) is 0 Å². The number of aliphatic hydroxyl groups is 2. The van der Waals surface area contributed by atoms with Gasteiger partial charge < -0.3 is 10.2 Å². The molecule has 0 bridgehead atoms. The molecule has 0 spiro atoms. The average molecular weight is 268 g/mol. The van der Waals surface area contributed by atoms with Gasteiger partial charge in [-0.25, -0.2) is 9.97 Å². The van der Waals surface area contributed by atoms with Gasteiger partial charge >= 0.3 is 0 Å². The standard InChI is InChI=1S/C7H8BrClN2O2/c8-1-5(12)6(13)4-2-10-3-11-7(4)9/h2-3,5-6,12-13H,1H2. The van der Waals surface area contributed by atoms with Crippen LogP contribution in [0.15, 0.2) is 12.5 Å². The molecule has 1 aromatic heterocycles. The summed E-state index contributed by atoms with van der Waals surface area (Å²) in [6.45, 7) is 0. The Morgan fingerprint density at radius 1 is 1.54 bits per heavy atom. The first-order valence-corrected chi connectivity index (χ1v) is 5.04. The fourth-order valence-corrected chi connectivity index (χ4v) is 1.37. The molecular weight excluding hydrogens is 259 g/mol. The summed E-state index contributed by atoms with van der Waals surface area (Å²) in [5, 5.41) is 19.2. The smallest absolute Gasteiger partial charge is 0.138 e. The molecule has 0 aromatic carbocycles. The molecule has 1 aromatic rings. The minimum Gasteiger partial charge on any atom is -0.389 e. The lowest BCUT2D eigenvalue weighted by Gasteiger charge is -2.15. The second-order valence-corrected chi connectivity index (χ2v) is 3.44. The molecule has 13 heavy (non-hydrogen) atoms. The zero-order valence-electron chi connectivity index (χ0n) is 6.56. The van der Waals surface area contributed by atoms with E-state index in [0.29, 0.717) is 5.56 Å². The second-order valence-electron chi connectivity index (χ2n) is 2.44. The largest absolute Gasteiger partial charge is 0.389 e. The van der Waals surface area contributed by atoms with Crippen LogP contribution in [0.2, 0.25) is 5.15 Å². The van der Waals surface area contributed by atoms with Gasteiger partial charge in [-0.05, 0) is 0 Å². The maximum Gasteiger partial charge on any atom is 0.138 e. The van der Waals surface area contributed by atoms with Crippen LogP contribution in [0.1, 0.15) is 11.7 Å². The third-order valence-corrected chi connectivity index (χ3v) is 2.51. The number of rotatable bonds is 3. The number of aliphatic hydroxyl groups excluding tert-OH is 2. The van der Waals surface area contributed by atoms with Gasteiger partial charge in [-0.3, -0.25) is 0 Å². The minimum absolute atomic E-state index is 0.155. The highest BCUT2D eigenvalue weighted by Gasteiger charge is 2.20. The first-order valence-electron chi connectivity index (χ1n) is 3.54. The molecule has 72 valence electrons. The molecule has 1 heterocycles. The Bertz CT molecular complexity index is 287. The first kappa shape index (κ1) is 10.8. The molecule has 2 atom stereocenters. The highest BCUT2D eigenvalue weighted by Crippen LogP contribution is 2.22. The SMILES string of the molecule is OC(CBr)C(O)c1cncnc1Cl. The highest BCUT2D eigenvalue weighted by molar-refractivity contribution is 9.09. The van der Waals surface area contributed by atoms with Crippen LogP contribution in [-0.4, -0.2) is 31.6 Å². The van der Waals surface area contributed by atoms with Gasteiger partial charge in [0.15, 0.2) is 0 Å². The number of hydrogen-bond acceptors (Lipinski definition) is 4. The van der Waals surface area contributed by atoms with E-state index in [2.05, 4.69) is 25.9 Å². The van der Waals surface area contributed by atoms with Crippen LogP contribution in [0.5, 0.6) is 0 Å². The molecule has 2 unspecified atom stereocenters. The van der Waals surface area contributed by atoms with Crippen LogP contribution < -0.4 is 0 Å². The lowest BCUT2D eigenvalue weighted by atomic mass is 10.1. The number of alkyl halides is 1. The van der Waals surface area contributed by atoms with Crippen molar-refractivity contribution in [2.24, 2.45) is 0 Å². The summed E-state index contributed by atoms with van der Waals surface area (Å²) in [7, 11) is 0. The summed E-state index contributed by atoms with van der Waals surface area (Å²) < 4.78 is 0. The van der Waals surface area contributed by atoms with E-state index in [4.69, 9.17) is 11.6 Å². The van der Waals surface area contributed by atoms with Crippen molar-refractivity contribution in [1.82, 2.24) is 9.97 Å². The van der Waals surface area contributed by atoms with Crippen molar-refractivity contribution in [2.75, 3.05) is 5.33 Å². The molecule has 0 saturated carbocycles. The molecule has 0 fully saturated rings. The van der Waals surface area contributed by atoms with Crippen LogP contribution in [0.25, 0.3) is 0 Å². The Hall–Kier alpha value is -0.230. The minimum atomic E-state index is -1.06.